The van der Waals surface area contributed by atoms with E-state index in [4.69, 9.17) is 5.11 Å². The fourth-order valence-electron chi connectivity index (χ4n) is 1.38. The van der Waals surface area contributed by atoms with Crippen LogP contribution >= 0.6 is 0 Å². The maximum Gasteiger partial charge on any atom is 0.307 e. The zero-order valence-corrected chi connectivity index (χ0v) is 8.53. The van der Waals surface area contributed by atoms with E-state index in [0.717, 1.165) is 6.54 Å². The highest BCUT2D eigenvalue weighted by molar-refractivity contribution is 5.69. The molecule has 4 nitrogen and oxygen atoms in total. The zero-order chi connectivity index (χ0) is 10.6. The van der Waals surface area contributed by atoms with E-state index in [1.165, 1.54) is 5.56 Å². The summed E-state index contributed by atoms with van der Waals surface area (Å²) in [7, 11) is 1.92. The molecule has 0 fully saturated rings. The van der Waals surface area contributed by atoms with Crippen LogP contribution in [-0.4, -0.2) is 34.6 Å². The number of rotatable bonds is 5. The predicted octanol–water partition coefficient (Wildman–Crippen LogP) is 1.17. The molecule has 0 spiro atoms. The fraction of sp³-hybridized carbons (Fsp3) is 0.500. The van der Waals surface area contributed by atoms with Crippen molar-refractivity contribution in [2.45, 2.75) is 13.5 Å². The van der Waals surface area contributed by atoms with Gasteiger partial charge in [0.25, 0.3) is 0 Å². The summed E-state index contributed by atoms with van der Waals surface area (Å²) in [6.45, 7) is 3.07. The number of hydrogen-bond acceptors (Lipinski definition) is 2. The first kappa shape index (κ1) is 10.8. The van der Waals surface area contributed by atoms with Gasteiger partial charge >= 0.3 is 5.97 Å². The van der Waals surface area contributed by atoms with Crippen LogP contribution in [0.3, 0.4) is 0 Å². The van der Waals surface area contributed by atoms with E-state index in [2.05, 4.69) is 4.98 Å². The maximum absolute atomic E-state index is 10.6. The molecule has 1 aromatic heterocycles. The average Bonchev–Trinajstić information content (AvgIpc) is 2.56. The lowest BCUT2D eigenvalue weighted by molar-refractivity contribution is -0.141. The molecule has 0 saturated heterocycles. The van der Waals surface area contributed by atoms with Crippen molar-refractivity contribution in [2.24, 2.45) is 5.92 Å². The molecule has 1 unspecified atom stereocenters. The molecule has 78 valence electrons. The van der Waals surface area contributed by atoms with E-state index < -0.39 is 5.97 Å². The summed E-state index contributed by atoms with van der Waals surface area (Å²) in [4.78, 5) is 15.6. The van der Waals surface area contributed by atoms with E-state index in [9.17, 15) is 4.79 Å². The van der Waals surface area contributed by atoms with Crippen LogP contribution in [0.4, 0.5) is 0 Å². The first-order chi connectivity index (χ1) is 6.59. The highest BCUT2D eigenvalue weighted by Crippen LogP contribution is 2.04. The average molecular weight is 196 g/mol. The lowest BCUT2D eigenvalue weighted by atomic mass is 10.1. The summed E-state index contributed by atoms with van der Waals surface area (Å²) >= 11 is 0. The molecule has 0 aliphatic carbocycles. The first-order valence-electron chi connectivity index (χ1n) is 4.62. The van der Waals surface area contributed by atoms with Gasteiger partial charge in [-0.25, -0.2) is 0 Å². The number of aromatic amines is 1. The van der Waals surface area contributed by atoms with Crippen LogP contribution in [0.2, 0.25) is 0 Å². The van der Waals surface area contributed by atoms with Crippen molar-refractivity contribution in [1.82, 2.24) is 9.88 Å². The SMILES string of the molecule is CC(CN(C)Cc1cc[nH]c1)C(=O)O. The Labute approximate surface area is 83.5 Å². The van der Waals surface area contributed by atoms with Gasteiger partial charge in [-0.2, -0.15) is 0 Å². The van der Waals surface area contributed by atoms with Gasteiger partial charge in [-0.05, 0) is 18.7 Å². The Balaban J connectivity index is 2.36. The normalized spacial score (nSPS) is 13.1. The van der Waals surface area contributed by atoms with Gasteiger partial charge in [0.1, 0.15) is 0 Å². The smallest absolute Gasteiger partial charge is 0.307 e. The largest absolute Gasteiger partial charge is 0.481 e. The van der Waals surface area contributed by atoms with Crippen molar-refractivity contribution in [3.63, 3.8) is 0 Å². The molecule has 0 radical (unpaired) electrons. The second kappa shape index (κ2) is 4.81. The quantitative estimate of drug-likeness (QED) is 0.743. The van der Waals surface area contributed by atoms with Crippen LogP contribution in [0.5, 0.6) is 0 Å². The predicted molar refractivity (Wildman–Crippen MR) is 53.9 cm³/mol. The summed E-state index contributed by atoms with van der Waals surface area (Å²) in [5.74, 6) is -1.06. The highest BCUT2D eigenvalue weighted by Gasteiger charge is 2.13. The zero-order valence-electron chi connectivity index (χ0n) is 8.53. The van der Waals surface area contributed by atoms with Crippen molar-refractivity contribution in [1.29, 1.82) is 0 Å². The van der Waals surface area contributed by atoms with Crippen LogP contribution in [0, 0.1) is 5.92 Å². The Morgan fingerprint density at radius 3 is 2.93 bits per heavy atom. The number of carboxylic acid groups (broad SMARTS) is 1. The molecule has 0 aromatic carbocycles. The lowest BCUT2D eigenvalue weighted by Crippen LogP contribution is -2.28. The van der Waals surface area contributed by atoms with Gasteiger partial charge in [0.15, 0.2) is 0 Å². The molecule has 0 aliphatic rings. The molecular weight excluding hydrogens is 180 g/mol. The number of carboxylic acids is 1. The Hall–Kier alpha value is -1.29. The van der Waals surface area contributed by atoms with E-state index >= 15 is 0 Å². The third-order valence-electron chi connectivity index (χ3n) is 2.12. The summed E-state index contributed by atoms with van der Waals surface area (Å²) in [5.41, 5.74) is 1.17. The van der Waals surface area contributed by atoms with Crippen molar-refractivity contribution < 1.29 is 9.90 Å². The fourth-order valence-corrected chi connectivity index (χ4v) is 1.38. The third-order valence-corrected chi connectivity index (χ3v) is 2.12. The minimum atomic E-state index is -0.745. The summed E-state index contributed by atoms with van der Waals surface area (Å²) in [5, 5.41) is 8.72. The molecule has 14 heavy (non-hydrogen) atoms. The number of aromatic nitrogens is 1. The number of nitrogens with one attached hydrogen (secondary N) is 1. The molecule has 0 amide bonds. The highest BCUT2D eigenvalue weighted by atomic mass is 16.4. The number of H-pyrrole nitrogens is 1. The molecule has 1 atom stereocenters. The van der Waals surface area contributed by atoms with Crippen LogP contribution in [-0.2, 0) is 11.3 Å². The molecular formula is C10H16N2O2. The van der Waals surface area contributed by atoms with Crippen molar-refractivity contribution in [2.75, 3.05) is 13.6 Å². The molecule has 0 bridgehead atoms. The van der Waals surface area contributed by atoms with E-state index in [1.807, 2.05) is 30.4 Å². The minimum Gasteiger partial charge on any atom is -0.481 e. The Morgan fingerprint density at radius 2 is 2.43 bits per heavy atom. The van der Waals surface area contributed by atoms with Crippen LogP contribution in [0.25, 0.3) is 0 Å². The van der Waals surface area contributed by atoms with Gasteiger partial charge in [-0.1, -0.05) is 6.92 Å². The van der Waals surface area contributed by atoms with Crippen molar-refractivity contribution in [3.8, 4) is 0 Å². The third kappa shape index (κ3) is 3.22. The molecule has 2 N–H and O–H groups in total. The Morgan fingerprint density at radius 1 is 1.71 bits per heavy atom. The second-order valence-electron chi connectivity index (χ2n) is 3.66. The number of aliphatic carboxylic acids is 1. The van der Waals surface area contributed by atoms with Gasteiger partial charge in [-0.3, -0.25) is 4.79 Å². The van der Waals surface area contributed by atoms with Gasteiger partial charge < -0.3 is 15.0 Å². The number of nitrogens with zero attached hydrogens (tertiary/aromatic N) is 1. The van der Waals surface area contributed by atoms with Crippen LogP contribution in [0.1, 0.15) is 12.5 Å². The molecule has 4 heteroatoms. The van der Waals surface area contributed by atoms with E-state index in [-0.39, 0.29) is 5.92 Å². The summed E-state index contributed by atoms with van der Waals surface area (Å²) < 4.78 is 0. The lowest BCUT2D eigenvalue weighted by Gasteiger charge is -2.18. The summed E-state index contributed by atoms with van der Waals surface area (Å²) in [6.07, 6.45) is 3.78. The van der Waals surface area contributed by atoms with Crippen LogP contribution < -0.4 is 0 Å². The van der Waals surface area contributed by atoms with Crippen molar-refractivity contribution >= 4 is 5.97 Å². The minimum absolute atomic E-state index is 0.320. The Bertz CT molecular complexity index is 282. The van der Waals surface area contributed by atoms with Gasteiger partial charge in [0.05, 0.1) is 5.92 Å². The van der Waals surface area contributed by atoms with E-state index in [1.54, 1.807) is 6.92 Å². The molecule has 1 heterocycles. The monoisotopic (exact) mass is 196 g/mol. The Kier molecular flexibility index (Phi) is 3.71. The van der Waals surface area contributed by atoms with Crippen LogP contribution in [0.15, 0.2) is 18.5 Å². The van der Waals surface area contributed by atoms with Gasteiger partial charge in [0, 0.05) is 25.5 Å². The first-order valence-corrected chi connectivity index (χ1v) is 4.62. The molecule has 1 aromatic rings. The standard InChI is InChI=1S/C10H16N2O2/c1-8(10(13)14)6-12(2)7-9-3-4-11-5-9/h3-5,8,11H,6-7H2,1-2H3,(H,13,14). The molecule has 1 rings (SSSR count). The number of hydrogen-bond donors (Lipinski definition) is 2. The molecule has 0 aliphatic heterocycles. The topological polar surface area (TPSA) is 56.3 Å². The van der Waals surface area contributed by atoms with E-state index in [0.29, 0.717) is 6.54 Å². The second-order valence-corrected chi connectivity index (χ2v) is 3.66. The van der Waals surface area contributed by atoms with Gasteiger partial charge in [0.2, 0.25) is 0 Å². The summed E-state index contributed by atoms with van der Waals surface area (Å²) in [6, 6.07) is 1.99. The maximum atomic E-state index is 10.6. The van der Waals surface area contributed by atoms with Gasteiger partial charge in [-0.15, -0.1) is 0 Å². The molecule has 0 saturated carbocycles. The number of carbonyl (C=O) groups is 1. The van der Waals surface area contributed by atoms with Crippen molar-refractivity contribution in [3.05, 3.63) is 24.0 Å².